The van der Waals surface area contributed by atoms with Crippen LogP contribution in [0.5, 0.6) is 0 Å². The number of rotatable bonds is 6. The van der Waals surface area contributed by atoms with Gasteiger partial charge in [0.15, 0.2) is 5.82 Å². The smallest absolute Gasteiger partial charge is 0.239 e. The van der Waals surface area contributed by atoms with Crippen LogP contribution in [0.3, 0.4) is 0 Å². The first kappa shape index (κ1) is 35.0. The topological polar surface area (TPSA) is 50.9 Å². The van der Waals surface area contributed by atoms with Crippen molar-refractivity contribution in [3.05, 3.63) is 218 Å². The van der Waals surface area contributed by atoms with Gasteiger partial charge >= 0.3 is 0 Å². The van der Waals surface area contributed by atoms with E-state index in [0.717, 1.165) is 94.1 Å². The molecule has 0 fully saturated rings. The van der Waals surface area contributed by atoms with Crippen molar-refractivity contribution in [2.45, 2.75) is 0 Å². The number of aromatic nitrogens is 3. The molecule has 4 nitrogen and oxygen atoms in total. The van der Waals surface area contributed by atoms with E-state index in [1.54, 1.807) is 0 Å². The maximum Gasteiger partial charge on any atom is 0.239 e. The number of hydrogen-bond donors (Lipinski definition) is 1. The molecule has 0 saturated carbocycles. The van der Waals surface area contributed by atoms with Gasteiger partial charge in [0.05, 0.1) is 22.6 Å². The standard InChI is InChI=1S/C54H37N3OP/c58-59(43-27-17-24-40(35-43)37-18-4-1-5-19-37)50-32-14-11-29-45(50)52-44-28-10-13-31-49(44)57(53(52)46-30-12-15-33-51(46)59)42-26-16-25-41(34-42)54-55-47(38-20-6-2-7-21-38)36-48(56-54)39-22-8-3-9-23-39/h1-36,58H/q+1. The molecule has 5 heteroatoms. The molecule has 11 rings (SSSR count). The molecule has 0 spiro atoms. The lowest BCUT2D eigenvalue weighted by molar-refractivity contribution is 0.633. The second kappa shape index (κ2) is 14.3. The van der Waals surface area contributed by atoms with E-state index in [9.17, 15) is 4.89 Å². The summed E-state index contributed by atoms with van der Waals surface area (Å²) in [6, 6.07) is 75.8. The SMILES string of the molecule is O[P+]1(c2cccc(-c3ccccc3)c2)c2ccccc2-c2c(n(-c3cccc(-c4nc(-c5ccccc5)cc(-c5ccccc5)n4)c3)c3ccccc23)-c2ccccc21. The lowest BCUT2D eigenvalue weighted by atomic mass is 9.98. The predicted molar refractivity (Wildman–Crippen MR) is 246 cm³/mol. The van der Waals surface area contributed by atoms with Crippen molar-refractivity contribution in [1.29, 1.82) is 0 Å². The molecular formula is C54H37N3OP+. The van der Waals surface area contributed by atoms with E-state index in [1.807, 2.05) is 42.5 Å². The van der Waals surface area contributed by atoms with E-state index in [0.29, 0.717) is 5.82 Å². The van der Waals surface area contributed by atoms with Gasteiger partial charge < -0.3 is 4.57 Å². The van der Waals surface area contributed by atoms with Gasteiger partial charge in [-0.05, 0) is 65.7 Å². The molecule has 0 radical (unpaired) electrons. The van der Waals surface area contributed by atoms with Crippen molar-refractivity contribution < 1.29 is 4.89 Å². The van der Waals surface area contributed by atoms with E-state index in [4.69, 9.17) is 9.97 Å². The molecule has 59 heavy (non-hydrogen) atoms. The third-order valence-electron chi connectivity index (χ3n) is 11.5. The van der Waals surface area contributed by atoms with Crippen LogP contribution in [0, 0.1) is 0 Å². The first-order chi connectivity index (χ1) is 29.1. The normalized spacial score (nSPS) is 14.3. The molecule has 1 atom stereocenters. The molecule has 0 saturated heterocycles. The third kappa shape index (κ3) is 5.84. The fourth-order valence-corrected chi connectivity index (χ4v) is 11.9. The largest absolute Gasteiger partial charge is 0.308 e. The van der Waals surface area contributed by atoms with E-state index in [2.05, 4.69) is 180 Å². The lowest BCUT2D eigenvalue weighted by Gasteiger charge is -2.23. The van der Waals surface area contributed by atoms with Crippen molar-refractivity contribution >= 4 is 34.3 Å². The van der Waals surface area contributed by atoms with Crippen LogP contribution >= 0.6 is 7.49 Å². The number of fused-ring (bicyclic) bond motifs is 7. The summed E-state index contributed by atoms with van der Waals surface area (Å²) in [6.45, 7) is 0. The number of hydrogen-bond acceptors (Lipinski definition) is 3. The van der Waals surface area contributed by atoms with Crippen LogP contribution in [0.15, 0.2) is 218 Å². The number of benzene rings is 8. The van der Waals surface area contributed by atoms with Crippen LogP contribution in [0.2, 0.25) is 0 Å². The van der Waals surface area contributed by atoms with Gasteiger partial charge in [-0.3, -0.25) is 0 Å². The minimum absolute atomic E-state index is 0.652. The van der Waals surface area contributed by atoms with Crippen LogP contribution in [0.1, 0.15) is 0 Å². The molecule has 0 bridgehead atoms. The Morgan fingerprint density at radius 2 is 0.932 bits per heavy atom. The second-order valence-electron chi connectivity index (χ2n) is 14.9. The quantitative estimate of drug-likeness (QED) is 0.171. The first-order valence-electron chi connectivity index (χ1n) is 19.9. The third-order valence-corrected chi connectivity index (χ3v) is 14.7. The Kier molecular flexibility index (Phi) is 8.48. The molecule has 1 aliphatic heterocycles. The molecule has 1 N–H and O–H groups in total. The van der Waals surface area contributed by atoms with Crippen molar-refractivity contribution in [1.82, 2.24) is 14.5 Å². The van der Waals surface area contributed by atoms with Gasteiger partial charge in [0.25, 0.3) is 0 Å². The van der Waals surface area contributed by atoms with Crippen molar-refractivity contribution in [3.63, 3.8) is 0 Å². The van der Waals surface area contributed by atoms with E-state index in [1.165, 1.54) is 0 Å². The Morgan fingerprint density at radius 3 is 1.63 bits per heavy atom. The highest BCUT2D eigenvalue weighted by atomic mass is 31.2. The van der Waals surface area contributed by atoms with E-state index >= 15 is 0 Å². The highest BCUT2D eigenvalue weighted by Gasteiger charge is 2.51. The minimum atomic E-state index is -3.19. The second-order valence-corrected chi connectivity index (χ2v) is 17.7. The monoisotopic (exact) mass is 774 g/mol. The van der Waals surface area contributed by atoms with Gasteiger partial charge in [0.2, 0.25) is 7.49 Å². The molecular weight excluding hydrogens is 738 g/mol. The molecule has 278 valence electrons. The maximum absolute atomic E-state index is 13.7. The summed E-state index contributed by atoms with van der Waals surface area (Å²) in [4.78, 5) is 24.1. The van der Waals surface area contributed by atoms with Gasteiger partial charge in [0, 0.05) is 44.5 Å². The fraction of sp³-hybridized carbons (Fsp3) is 0. The summed E-state index contributed by atoms with van der Waals surface area (Å²) in [5.41, 5.74) is 13.2. The Bertz CT molecular complexity index is 3120. The highest BCUT2D eigenvalue weighted by molar-refractivity contribution is 7.91. The fourth-order valence-electron chi connectivity index (χ4n) is 8.76. The Hall–Kier alpha value is -7.23. The zero-order chi connectivity index (χ0) is 39.3. The summed E-state index contributed by atoms with van der Waals surface area (Å²) < 4.78 is 2.37. The molecule has 2 aromatic heterocycles. The minimum Gasteiger partial charge on any atom is -0.308 e. The average molecular weight is 775 g/mol. The van der Waals surface area contributed by atoms with Gasteiger partial charge in [-0.15, -0.1) is 0 Å². The van der Waals surface area contributed by atoms with Crippen molar-refractivity contribution in [2.75, 3.05) is 0 Å². The molecule has 0 aliphatic carbocycles. The molecule has 0 amide bonds. The number of nitrogens with zero attached hydrogens (tertiary/aromatic N) is 3. The summed E-state index contributed by atoms with van der Waals surface area (Å²) in [5.74, 6) is 0.652. The predicted octanol–water partition coefficient (Wildman–Crippen LogP) is 11.9. The van der Waals surface area contributed by atoms with E-state index in [-0.39, 0.29) is 0 Å². The molecule has 3 heterocycles. The van der Waals surface area contributed by atoms with Crippen LogP contribution in [-0.2, 0) is 0 Å². The summed E-state index contributed by atoms with van der Waals surface area (Å²) in [7, 11) is -3.19. The average Bonchev–Trinajstić information content (AvgIpc) is 3.63. The van der Waals surface area contributed by atoms with Crippen molar-refractivity contribution in [3.8, 4) is 73.1 Å². The summed E-state index contributed by atoms with van der Waals surface area (Å²) in [5, 5.41) is 3.93. The Labute approximate surface area is 343 Å². The van der Waals surface area contributed by atoms with Crippen molar-refractivity contribution in [2.24, 2.45) is 0 Å². The lowest BCUT2D eigenvalue weighted by Crippen LogP contribution is -2.32. The first-order valence-corrected chi connectivity index (χ1v) is 21.6. The Morgan fingerprint density at radius 1 is 0.407 bits per heavy atom. The maximum atomic E-state index is 13.7. The number of para-hydroxylation sites is 1. The van der Waals surface area contributed by atoms with Crippen LogP contribution in [0.25, 0.3) is 84.0 Å². The van der Waals surface area contributed by atoms with Gasteiger partial charge in [-0.2, -0.15) is 0 Å². The van der Waals surface area contributed by atoms with Gasteiger partial charge in [-0.1, -0.05) is 164 Å². The Balaban J connectivity index is 1.16. The van der Waals surface area contributed by atoms with Crippen LogP contribution in [-0.4, -0.2) is 19.4 Å². The van der Waals surface area contributed by atoms with Gasteiger partial charge in [-0.25, -0.2) is 14.9 Å². The van der Waals surface area contributed by atoms with E-state index < -0.39 is 7.49 Å². The van der Waals surface area contributed by atoms with Crippen LogP contribution < -0.4 is 15.9 Å². The highest BCUT2D eigenvalue weighted by Crippen LogP contribution is 2.59. The van der Waals surface area contributed by atoms with Crippen LogP contribution in [0.4, 0.5) is 0 Å². The zero-order valence-corrected chi connectivity index (χ0v) is 32.9. The molecule has 1 aliphatic rings. The molecule has 1 unspecified atom stereocenters. The summed E-state index contributed by atoms with van der Waals surface area (Å²) in [6.07, 6.45) is 0. The molecule has 8 aromatic carbocycles. The zero-order valence-electron chi connectivity index (χ0n) is 32.0. The van der Waals surface area contributed by atoms with Gasteiger partial charge in [0.1, 0.15) is 15.9 Å². The molecule has 10 aromatic rings. The summed E-state index contributed by atoms with van der Waals surface area (Å²) >= 11 is 0.